The minimum absolute atomic E-state index is 0.0517. The van der Waals surface area contributed by atoms with E-state index in [1.54, 1.807) is 29.4 Å². The summed E-state index contributed by atoms with van der Waals surface area (Å²) >= 11 is 1.27. The van der Waals surface area contributed by atoms with E-state index in [9.17, 15) is 19.6 Å². The van der Waals surface area contributed by atoms with Crippen molar-refractivity contribution in [3.63, 3.8) is 0 Å². The number of rotatable bonds is 6. The molecule has 0 unspecified atom stereocenters. The van der Waals surface area contributed by atoms with Crippen molar-refractivity contribution in [1.82, 2.24) is 9.88 Å². The minimum atomic E-state index is -1.01. The number of hydrogen-bond acceptors (Lipinski definition) is 6. The Morgan fingerprint density at radius 2 is 2.21 bits per heavy atom. The molecule has 0 spiro atoms. The van der Waals surface area contributed by atoms with E-state index in [0.29, 0.717) is 30.1 Å². The molecule has 2 N–H and O–H groups in total. The second-order valence-corrected chi connectivity index (χ2v) is 7.49. The molecule has 148 valence electrons. The van der Waals surface area contributed by atoms with Gasteiger partial charge in [0.05, 0.1) is 18.5 Å². The van der Waals surface area contributed by atoms with E-state index < -0.39 is 5.97 Å². The number of nitriles is 1. The summed E-state index contributed by atoms with van der Waals surface area (Å²) in [5, 5.41) is 21.5. The highest BCUT2D eigenvalue weighted by atomic mass is 32.1. The summed E-state index contributed by atoms with van der Waals surface area (Å²) in [4.78, 5) is 41.5. The van der Waals surface area contributed by atoms with Gasteiger partial charge in [-0.15, -0.1) is 11.3 Å². The molecule has 0 aliphatic carbocycles. The number of pyridine rings is 1. The van der Waals surface area contributed by atoms with Crippen molar-refractivity contribution in [1.29, 1.82) is 5.26 Å². The zero-order chi connectivity index (χ0) is 20.8. The van der Waals surface area contributed by atoms with Crippen LogP contribution in [0.25, 0.3) is 6.08 Å². The van der Waals surface area contributed by atoms with Gasteiger partial charge < -0.3 is 15.3 Å². The lowest BCUT2D eigenvalue weighted by Crippen LogP contribution is -2.35. The van der Waals surface area contributed by atoms with Gasteiger partial charge in [-0.3, -0.25) is 19.4 Å². The molecule has 2 aromatic rings. The van der Waals surface area contributed by atoms with E-state index in [4.69, 9.17) is 5.11 Å². The normalized spacial score (nSPS) is 13.0. The number of fused-ring (bicyclic) bond motifs is 1. The third-order valence-corrected chi connectivity index (χ3v) is 5.55. The van der Waals surface area contributed by atoms with Gasteiger partial charge in [-0.05, 0) is 29.7 Å². The van der Waals surface area contributed by atoms with Gasteiger partial charge in [0.25, 0.3) is 0 Å². The van der Waals surface area contributed by atoms with Crippen LogP contribution in [0.1, 0.15) is 34.4 Å². The van der Waals surface area contributed by atoms with Crippen molar-refractivity contribution < 1.29 is 19.5 Å². The topological polar surface area (TPSA) is 123 Å². The van der Waals surface area contributed by atoms with E-state index in [0.717, 1.165) is 16.0 Å². The maximum absolute atomic E-state index is 12.2. The van der Waals surface area contributed by atoms with Gasteiger partial charge in [0.1, 0.15) is 11.1 Å². The van der Waals surface area contributed by atoms with Crippen LogP contribution in [0.4, 0.5) is 5.00 Å². The fourth-order valence-corrected chi connectivity index (χ4v) is 4.21. The maximum atomic E-state index is 12.2. The van der Waals surface area contributed by atoms with Crippen molar-refractivity contribution >= 4 is 40.2 Å². The smallest absolute Gasteiger partial charge is 0.303 e. The molecule has 0 aromatic carbocycles. The Morgan fingerprint density at radius 1 is 1.38 bits per heavy atom. The van der Waals surface area contributed by atoms with Crippen LogP contribution >= 0.6 is 11.3 Å². The summed E-state index contributed by atoms with van der Waals surface area (Å²) in [6.45, 7) is 0.736. The molecule has 2 amide bonds. The van der Waals surface area contributed by atoms with Crippen LogP contribution < -0.4 is 5.32 Å². The molecule has 29 heavy (non-hydrogen) atoms. The molecule has 3 heterocycles. The number of carbonyl (C=O) groups excluding carboxylic acids is 2. The predicted molar refractivity (Wildman–Crippen MR) is 107 cm³/mol. The number of thiophene rings is 1. The molecule has 0 fully saturated rings. The lowest BCUT2D eigenvalue weighted by Gasteiger charge is -2.26. The summed E-state index contributed by atoms with van der Waals surface area (Å²) in [7, 11) is 0. The largest absolute Gasteiger partial charge is 0.481 e. The van der Waals surface area contributed by atoms with Gasteiger partial charge in [-0.2, -0.15) is 5.26 Å². The number of carboxylic acids is 1. The first-order valence-corrected chi connectivity index (χ1v) is 9.73. The molecule has 2 aromatic heterocycles. The quantitative estimate of drug-likeness (QED) is 0.705. The second-order valence-electron chi connectivity index (χ2n) is 6.39. The van der Waals surface area contributed by atoms with E-state index in [1.807, 2.05) is 6.07 Å². The van der Waals surface area contributed by atoms with Crippen LogP contribution in [0.2, 0.25) is 0 Å². The fraction of sp³-hybridized carbons (Fsp3) is 0.250. The van der Waals surface area contributed by atoms with Crippen molar-refractivity contribution in [3.05, 3.63) is 52.2 Å². The Kier molecular flexibility index (Phi) is 6.36. The second kappa shape index (κ2) is 9.12. The lowest BCUT2D eigenvalue weighted by molar-refractivity contribution is -0.141. The van der Waals surface area contributed by atoms with Gasteiger partial charge >= 0.3 is 5.97 Å². The average Bonchev–Trinajstić information content (AvgIpc) is 3.07. The zero-order valence-corrected chi connectivity index (χ0v) is 16.2. The molecule has 0 saturated carbocycles. The summed E-state index contributed by atoms with van der Waals surface area (Å²) in [6, 6.07) is 5.73. The van der Waals surface area contributed by atoms with Gasteiger partial charge in [0, 0.05) is 36.3 Å². The van der Waals surface area contributed by atoms with E-state index >= 15 is 0 Å². The number of nitrogens with one attached hydrogen (secondary N) is 1. The van der Waals surface area contributed by atoms with Gasteiger partial charge in [-0.1, -0.05) is 6.07 Å². The van der Waals surface area contributed by atoms with E-state index in [1.165, 1.54) is 17.4 Å². The van der Waals surface area contributed by atoms with Crippen LogP contribution in [0.3, 0.4) is 0 Å². The van der Waals surface area contributed by atoms with Crippen LogP contribution in [-0.4, -0.2) is 39.3 Å². The molecule has 0 bridgehead atoms. The highest BCUT2D eigenvalue weighted by Crippen LogP contribution is 2.36. The molecule has 0 saturated heterocycles. The number of hydrogen-bond donors (Lipinski definition) is 2. The van der Waals surface area contributed by atoms with Crippen LogP contribution in [0.5, 0.6) is 0 Å². The number of aliphatic carboxylic acids is 1. The average molecular weight is 410 g/mol. The Bertz CT molecular complexity index is 1010. The molecule has 0 radical (unpaired) electrons. The number of anilines is 1. The Labute approximate surface area is 171 Å². The standard InChI is InChI=1S/C20H18N4O4S/c21-10-15-14-7-9-24(18(26)5-6-19(27)28)12-16(14)29-20(15)23-17(25)4-3-13-2-1-8-22-11-13/h1-4,8,11H,5-7,9,12H2,(H,23,25)(H,27,28)/b4-3+. The highest BCUT2D eigenvalue weighted by molar-refractivity contribution is 7.16. The first kappa shape index (κ1) is 20.2. The molecule has 0 atom stereocenters. The van der Waals surface area contributed by atoms with Crippen molar-refractivity contribution in [2.24, 2.45) is 0 Å². The van der Waals surface area contributed by atoms with Crippen LogP contribution in [0, 0.1) is 11.3 Å². The van der Waals surface area contributed by atoms with Crippen molar-refractivity contribution in [2.75, 3.05) is 11.9 Å². The fourth-order valence-electron chi connectivity index (χ4n) is 2.99. The van der Waals surface area contributed by atoms with Crippen LogP contribution in [0.15, 0.2) is 30.6 Å². The summed E-state index contributed by atoms with van der Waals surface area (Å²) in [5.41, 5.74) is 2.04. The number of nitrogens with zero attached hydrogens (tertiary/aromatic N) is 3. The van der Waals surface area contributed by atoms with Crippen LogP contribution in [-0.2, 0) is 27.3 Å². The molecular formula is C20H18N4O4S. The third-order valence-electron chi connectivity index (χ3n) is 4.42. The molecular weight excluding hydrogens is 392 g/mol. The Balaban J connectivity index is 1.70. The number of carbonyl (C=O) groups is 3. The Morgan fingerprint density at radius 3 is 2.90 bits per heavy atom. The minimum Gasteiger partial charge on any atom is -0.481 e. The van der Waals surface area contributed by atoms with E-state index in [-0.39, 0.29) is 24.7 Å². The van der Waals surface area contributed by atoms with Crippen molar-refractivity contribution in [3.8, 4) is 6.07 Å². The number of amides is 2. The van der Waals surface area contributed by atoms with Gasteiger partial charge in [0.2, 0.25) is 11.8 Å². The molecule has 8 nitrogen and oxygen atoms in total. The first-order valence-electron chi connectivity index (χ1n) is 8.91. The molecule has 9 heteroatoms. The van der Waals surface area contributed by atoms with Gasteiger partial charge in [-0.25, -0.2) is 0 Å². The lowest BCUT2D eigenvalue weighted by atomic mass is 10.0. The molecule has 3 rings (SSSR count). The monoisotopic (exact) mass is 410 g/mol. The van der Waals surface area contributed by atoms with E-state index in [2.05, 4.69) is 16.4 Å². The third kappa shape index (κ3) is 5.06. The summed E-state index contributed by atoms with van der Waals surface area (Å²) in [6.07, 6.45) is 6.51. The molecule has 1 aliphatic heterocycles. The number of carboxylic acid groups (broad SMARTS) is 1. The van der Waals surface area contributed by atoms with Gasteiger partial charge in [0.15, 0.2) is 0 Å². The first-order chi connectivity index (χ1) is 14.0. The number of aromatic nitrogens is 1. The summed E-state index contributed by atoms with van der Waals surface area (Å²) < 4.78 is 0. The SMILES string of the molecule is N#Cc1c(NC(=O)/C=C/c2cccnc2)sc2c1CCN(C(=O)CCC(=O)O)C2. The highest BCUT2D eigenvalue weighted by Gasteiger charge is 2.27. The Hall–Kier alpha value is -3.51. The summed E-state index contributed by atoms with van der Waals surface area (Å²) in [5.74, 6) is -1.60. The molecule has 1 aliphatic rings. The predicted octanol–water partition coefficient (Wildman–Crippen LogP) is 2.42. The zero-order valence-electron chi connectivity index (χ0n) is 15.4. The van der Waals surface area contributed by atoms with Crippen molar-refractivity contribution in [2.45, 2.75) is 25.8 Å². The maximum Gasteiger partial charge on any atom is 0.303 e.